The third-order valence-corrected chi connectivity index (χ3v) is 3.91. The quantitative estimate of drug-likeness (QED) is 0.804. The monoisotopic (exact) mass is 270 g/mol. The van der Waals surface area contributed by atoms with Crippen LogP contribution in [0.4, 0.5) is 5.95 Å². The molecule has 98 valence electrons. The number of hydrogen-bond acceptors (Lipinski definition) is 6. The highest BCUT2D eigenvalue weighted by Crippen LogP contribution is 2.32. The Labute approximate surface area is 110 Å². The molecule has 18 heavy (non-hydrogen) atoms. The maximum atomic E-state index is 9.74. The SMILES string of the molecule is Cc1nc(N2CCO[C@@H]3C[C@H](O)C[C@@H]32)nnc1Cl. The number of anilines is 1. The first-order chi connectivity index (χ1) is 8.65. The average molecular weight is 271 g/mol. The molecule has 1 saturated heterocycles. The van der Waals surface area contributed by atoms with Crippen LogP contribution in [0.25, 0.3) is 0 Å². The Balaban J connectivity index is 1.88. The van der Waals surface area contributed by atoms with Gasteiger partial charge in [0.15, 0.2) is 5.15 Å². The zero-order valence-electron chi connectivity index (χ0n) is 10.1. The Bertz CT molecular complexity index is 459. The molecule has 0 bridgehead atoms. The van der Waals surface area contributed by atoms with Crippen molar-refractivity contribution in [2.24, 2.45) is 0 Å². The summed E-state index contributed by atoms with van der Waals surface area (Å²) in [5.74, 6) is 0.573. The Morgan fingerprint density at radius 3 is 3.00 bits per heavy atom. The fraction of sp³-hybridized carbons (Fsp3) is 0.727. The highest BCUT2D eigenvalue weighted by atomic mass is 35.5. The molecule has 3 rings (SSSR count). The van der Waals surface area contributed by atoms with Gasteiger partial charge in [-0.25, -0.2) is 4.98 Å². The van der Waals surface area contributed by atoms with Crippen LogP contribution in [0.15, 0.2) is 0 Å². The van der Waals surface area contributed by atoms with Crippen molar-refractivity contribution in [3.8, 4) is 0 Å². The molecule has 1 aromatic heterocycles. The molecule has 0 unspecified atom stereocenters. The van der Waals surface area contributed by atoms with Crippen LogP contribution in [0.2, 0.25) is 5.15 Å². The normalized spacial score (nSPS) is 31.5. The number of fused-ring (bicyclic) bond motifs is 1. The standard InChI is InChI=1S/C11H15ClN4O2/c1-6-10(12)14-15-11(13-6)16-2-3-18-9-5-7(17)4-8(9)16/h7-9,17H,2-5H2,1H3/t7-,8+,9-/m1/s1. The number of hydrogen-bond donors (Lipinski definition) is 1. The summed E-state index contributed by atoms with van der Waals surface area (Å²) in [4.78, 5) is 6.44. The summed E-state index contributed by atoms with van der Waals surface area (Å²) in [6, 6.07) is 0.135. The summed E-state index contributed by atoms with van der Waals surface area (Å²) < 4.78 is 5.67. The van der Waals surface area contributed by atoms with E-state index in [-0.39, 0.29) is 18.2 Å². The lowest BCUT2D eigenvalue weighted by molar-refractivity contribution is 0.0199. The number of halogens is 1. The third-order valence-electron chi connectivity index (χ3n) is 3.56. The van der Waals surface area contributed by atoms with Crippen LogP contribution in [0.3, 0.4) is 0 Å². The summed E-state index contributed by atoms with van der Waals surface area (Å²) >= 11 is 5.83. The number of aliphatic hydroxyl groups excluding tert-OH is 1. The van der Waals surface area contributed by atoms with Gasteiger partial charge < -0.3 is 14.7 Å². The van der Waals surface area contributed by atoms with Gasteiger partial charge in [-0.1, -0.05) is 11.6 Å². The predicted molar refractivity (Wildman–Crippen MR) is 65.7 cm³/mol. The summed E-state index contributed by atoms with van der Waals surface area (Å²) in [5.41, 5.74) is 0.670. The minimum atomic E-state index is -0.304. The molecule has 2 heterocycles. The van der Waals surface area contributed by atoms with Gasteiger partial charge in [0.2, 0.25) is 5.95 Å². The lowest BCUT2D eigenvalue weighted by Crippen LogP contribution is -2.49. The molecule has 1 saturated carbocycles. The minimum absolute atomic E-state index is 0.0633. The number of aliphatic hydroxyl groups is 1. The summed E-state index contributed by atoms with van der Waals surface area (Å²) in [5, 5.41) is 18.0. The van der Waals surface area contributed by atoms with Gasteiger partial charge in [0, 0.05) is 13.0 Å². The van der Waals surface area contributed by atoms with Crippen LogP contribution < -0.4 is 4.90 Å². The second-order valence-electron chi connectivity index (χ2n) is 4.78. The van der Waals surface area contributed by atoms with Crippen LogP contribution >= 0.6 is 11.6 Å². The molecule has 1 aliphatic carbocycles. The molecule has 6 nitrogen and oxygen atoms in total. The lowest BCUT2D eigenvalue weighted by Gasteiger charge is -2.37. The van der Waals surface area contributed by atoms with Gasteiger partial charge in [0.25, 0.3) is 0 Å². The van der Waals surface area contributed by atoms with E-state index in [1.165, 1.54) is 0 Å². The van der Waals surface area contributed by atoms with Crippen LogP contribution in [-0.4, -0.2) is 51.7 Å². The van der Waals surface area contributed by atoms with Gasteiger partial charge in [-0.15, -0.1) is 10.2 Å². The van der Waals surface area contributed by atoms with Gasteiger partial charge >= 0.3 is 0 Å². The van der Waals surface area contributed by atoms with Crippen LogP contribution in [0, 0.1) is 6.92 Å². The van der Waals surface area contributed by atoms with Crippen molar-refractivity contribution in [2.75, 3.05) is 18.1 Å². The van der Waals surface area contributed by atoms with E-state index >= 15 is 0 Å². The first-order valence-corrected chi connectivity index (χ1v) is 6.46. The average Bonchev–Trinajstić information content (AvgIpc) is 2.72. The van der Waals surface area contributed by atoms with Crippen molar-refractivity contribution in [2.45, 2.75) is 38.0 Å². The van der Waals surface area contributed by atoms with Gasteiger partial charge in [0.1, 0.15) is 0 Å². The Morgan fingerprint density at radius 2 is 2.22 bits per heavy atom. The molecular weight excluding hydrogens is 256 g/mol. The fourth-order valence-corrected chi connectivity index (χ4v) is 2.76. The van der Waals surface area contributed by atoms with E-state index in [0.717, 1.165) is 6.54 Å². The first-order valence-electron chi connectivity index (χ1n) is 6.08. The van der Waals surface area contributed by atoms with Crippen LogP contribution in [0.1, 0.15) is 18.5 Å². The Hall–Kier alpha value is -0.980. The molecule has 2 aliphatic rings. The molecule has 0 spiro atoms. The summed E-state index contributed by atoms with van der Waals surface area (Å²) in [6.07, 6.45) is 1.13. The van der Waals surface area contributed by atoms with E-state index in [4.69, 9.17) is 16.3 Å². The Kier molecular flexibility index (Phi) is 3.09. The second-order valence-corrected chi connectivity index (χ2v) is 5.14. The summed E-state index contributed by atoms with van der Waals surface area (Å²) in [6.45, 7) is 3.15. The fourth-order valence-electron chi connectivity index (χ4n) is 2.68. The molecule has 1 aromatic rings. The number of morpholine rings is 1. The number of aromatic nitrogens is 3. The number of aryl methyl sites for hydroxylation is 1. The van der Waals surface area contributed by atoms with Gasteiger partial charge in [-0.2, -0.15) is 0 Å². The van der Waals surface area contributed by atoms with Crippen molar-refractivity contribution < 1.29 is 9.84 Å². The van der Waals surface area contributed by atoms with Crippen molar-refractivity contribution in [3.05, 3.63) is 10.8 Å². The van der Waals surface area contributed by atoms with E-state index in [9.17, 15) is 5.11 Å². The van der Waals surface area contributed by atoms with Gasteiger partial charge in [-0.05, 0) is 13.3 Å². The first kappa shape index (κ1) is 12.1. The van der Waals surface area contributed by atoms with Gasteiger partial charge in [-0.3, -0.25) is 0 Å². The van der Waals surface area contributed by atoms with Crippen LogP contribution in [-0.2, 0) is 4.74 Å². The van der Waals surface area contributed by atoms with Crippen molar-refractivity contribution >= 4 is 17.5 Å². The van der Waals surface area contributed by atoms with Crippen LogP contribution in [0.5, 0.6) is 0 Å². The minimum Gasteiger partial charge on any atom is -0.393 e. The largest absolute Gasteiger partial charge is 0.393 e. The van der Waals surface area contributed by atoms with Gasteiger partial charge in [0.05, 0.1) is 30.6 Å². The van der Waals surface area contributed by atoms with Crippen molar-refractivity contribution in [3.63, 3.8) is 0 Å². The molecule has 1 aliphatic heterocycles. The zero-order valence-corrected chi connectivity index (χ0v) is 10.8. The van der Waals surface area contributed by atoms with E-state index in [2.05, 4.69) is 20.1 Å². The molecule has 2 fully saturated rings. The lowest BCUT2D eigenvalue weighted by atomic mass is 10.1. The highest BCUT2D eigenvalue weighted by Gasteiger charge is 2.41. The molecular formula is C11H15ClN4O2. The van der Waals surface area contributed by atoms with E-state index < -0.39 is 0 Å². The number of nitrogens with zero attached hydrogens (tertiary/aromatic N) is 4. The summed E-state index contributed by atoms with van der Waals surface area (Å²) in [7, 11) is 0. The molecule has 1 N–H and O–H groups in total. The molecule has 0 aromatic carbocycles. The van der Waals surface area contributed by atoms with E-state index in [1.807, 2.05) is 6.92 Å². The van der Waals surface area contributed by atoms with E-state index in [1.54, 1.807) is 0 Å². The predicted octanol–water partition coefficient (Wildman–Crippen LogP) is 0.562. The second kappa shape index (κ2) is 4.60. The maximum Gasteiger partial charge on any atom is 0.246 e. The topological polar surface area (TPSA) is 71.4 Å². The molecule has 0 amide bonds. The smallest absolute Gasteiger partial charge is 0.246 e. The highest BCUT2D eigenvalue weighted by molar-refractivity contribution is 6.29. The number of rotatable bonds is 1. The van der Waals surface area contributed by atoms with Crippen molar-refractivity contribution in [1.82, 2.24) is 15.2 Å². The molecule has 0 radical (unpaired) electrons. The Morgan fingerprint density at radius 1 is 1.39 bits per heavy atom. The van der Waals surface area contributed by atoms with Crippen molar-refractivity contribution in [1.29, 1.82) is 0 Å². The third kappa shape index (κ3) is 2.04. The van der Waals surface area contributed by atoms with E-state index in [0.29, 0.717) is 36.2 Å². The molecule has 7 heteroatoms. The maximum absolute atomic E-state index is 9.74. The zero-order chi connectivity index (χ0) is 12.7. The molecule has 3 atom stereocenters. The number of ether oxygens (including phenoxy) is 1.